The summed E-state index contributed by atoms with van der Waals surface area (Å²) in [5.74, 6) is 1.35. The van der Waals surface area contributed by atoms with Crippen LogP contribution in [0.5, 0.6) is 0 Å². The standard InChI is InChI=1S/C20H28N4O/c1-2-23-16-21-22-19(23)14-13-18-11-7-15-24(18)20(25)12-6-10-17-8-4-3-5-9-17/h3-5,8-9,16,18H,2,6-7,10-15H2,1H3. The van der Waals surface area contributed by atoms with Crippen LogP contribution in [-0.4, -0.2) is 38.2 Å². The van der Waals surface area contributed by atoms with Gasteiger partial charge in [-0.3, -0.25) is 4.79 Å². The van der Waals surface area contributed by atoms with Gasteiger partial charge in [0.15, 0.2) is 0 Å². The summed E-state index contributed by atoms with van der Waals surface area (Å²) in [4.78, 5) is 14.7. The van der Waals surface area contributed by atoms with Crippen LogP contribution < -0.4 is 0 Å². The largest absolute Gasteiger partial charge is 0.340 e. The second-order valence-corrected chi connectivity index (χ2v) is 6.79. The second-order valence-electron chi connectivity index (χ2n) is 6.79. The number of rotatable bonds is 8. The van der Waals surface area contributed by atoms with Gasteiger partial charge in [-0.05, 0) is 44.6 Å². The third-order valence-electron chi connectivity index (χ3n) is 5.13. The lowest BCUT2D eigenvalue weighted by molar-refractivity contribution is -0.132. The molecular formula is C20H28N4O. The highest BCUT2D eigenvalue weighted by molar-refractivity contribution is 5.76. The lowest BCUT2D eigenvalue weighted by Gasteiger charge is -2.24. The Kier molecular flexibility index (Phi) is 6.20. The number of carbonyl (C=O) groups excluding carboxylic acids is 1. The van der Waals surface area contributed by atoms with E-state index in [-0.39, 0.29) is 0 Å². The minimum Gasteiger partial charge on any atom is -0.340 e. The van der Waals surface area contributed by atoms with Crippen LogP contribution in [0.2, 0.25) is 0 Å². The zero-order valence-corrected chi connectivity index (χ0v) is 15.1. The summed E-state index contributed by atoms with van der Waals surface area (Å²) in [5, 5.41) is 8.20. The number of amides is 1. The number of carbonyl (C=O) groups is 1. The molecule has 1 aliphatic rings. The molecule has 1 aromatic carbocycles. The molecule has 1 unspecified atom stereocenters. The van der Waals surface area contributed by atoms with Gasteiger partial charge in [0.2, 0.25) is 5.91 Å². The Bertz CT molecular complexity index is 667. The first-order valence-electron chi connectivity index (χ1n) is 9.48. The Hall–Kier alpha value is -2.17. The van der Waals surface area contributed by atoms with Gasteiger partial charge in [0.05, 0.1) is 0 Å². The average Bonchev–Trinajstić information content (AvgIpc) is 3.29. The molecule has 5 heteroatoms. The topological polar surface area (TPSA) is 51.0 Å². The summed E-state index contributed by atoms with van der Waals surface area (Å²) >= 11 is 0. The molecule has 134 valence electrons. The molecule has 1 aliphatic heterocycles. The van der Waals surface area contributed by atoms with Crippen LogP contribution in [0.15, 0.2) is 36.7 Å². The molecule has 1 saturated heterocycles. The van der Waals surface area contributed by atoms with Gasteiger partial charge in [0.1, 0.15) is 12.2 Å². The molecule has 5 nitrogen and oxygen atoms in total. The van der Waals surface area contributed by atoms with Crippen molar-refractivity contribution in [3.8, 4) is 0 Å². The predicted molar refractivity (Wildman–Crippen MR) is 98.1 cm³/mol. The molecule has 0 N–H and O–H groups in total. The molecule has 0 saturated carbocycles. The van der Waals surface area contributed by atoms with E-state index in [0.29, 0.717) is 18.4 Å². The third kappa shape index (κ3) is 4.68. The molecule has 0 spiro atoms. The SMILES string of the molecule is CCn1cnnc1CCC1CCCN1C(=O)CCCc1ccccc1. The van der Waals surface area contributed by atoms with Gasteiger partial charge in [0, 0.05) is 32.0 Å². The second kappa shape index (κ2) is 8.79. The number of hydrogen-bond donors (Lipinski definition) is 0. The van der Waals surface area contributed by atoms with Gasteiger partial charge in [0.25, 0.3) is 0 Å². The quantitative estimate of drug-likeness (QED) is 0.741. The fourth-order valence-corrected chi connectivity index (χ4v) is 3.73. The van der Waals surface area contributed by atoms with Crippen LogP contribution in [-0.2, 0) is 24.2 Å². The predicted octanol–water partition coefficient (Wildman–Crippen LogP) is 3.24. The van der Waals surface area contributed by atoms with E-state index in [1.54, 1.807) is 6.33 Å². The van der Waals surface area contributed by atoms with Gasteiger partial charge in [-0.1, -0.05) is 30.3 Å². The number of likely N-dealkylation sites (tertiary alicyclic amines) is 1. The Labute approximate surface area is 150 Å². The Morgan fingerprint density at radius 1 is 1.24 bits per heavy atom. The van der Waals surface area contributed by atoms with Gasteiger partial charge in [-0.25, -0.2) is 0 Å². The van der Waals surface area contributed by atoms with Crippen LogP contribution in [0.25, 0.3) is 0 Å². The van der Waals surface area contributed by atoms with Crippen molar-refractivity contribution in [3.63, 3.8) is 0 Å². The number of benzene rings is 1. The molecule has 3 rings (SSSR count). The third-order valence-corrected chi connectivity index (χ3v) is 5.13. The first-order chi connectivity index (χ1) is 12.3. The maximum Gasteiger partial charge on any atom is 0.222 e. The number of aromatic nitrogens is 3. The number of nitrogens with zero attached hydrogens (tertiary/aromatic N) is 4. The summed E-state index contributed by atoms with van der Waals surface area (Å²) in [6.45, 7) is 3.91. The molecule has 0 radical (unpaired) electrons. The smallest absolute Gasteiger partial charge is 0.222 e. The molecule has 1 aromatic heterocycles. The molecule has 1 atom stereocenters. The van der Waals surface area contributed by atoms with E-state index in [2.05, 4.69) is 50.9 Å². The Morgan fingerprint density at radius 2 is 2.08 bits per heavy atom. The monoisotopic (exact) mass is 340 g/mol. The van der Waals surface area contributed by atoms with Crippen molar-refractivity contribution in [2.45, 2.75) is 64.5 Å². The Morgan fingerprint density at radius 3 is 2.88 bits per heavy atom. The molecule has 1 fully saturated rings. The summed E-state index contributed by atoms with van der Waals surface area (Å²) in [6, 6.07) is 10.8. The Balaban J connectivity index is 1.46. The maximum absolute atomic E-state index is 12.6. The summed E-state index contributed by atoms with van der Waals surface area (Å²) in [5.41, 5.74) is 1.31. The molecule has 0 aliphatic carbocycles. The lowest BCUT2D eigenvalue weighted by Crippen LogP contribution is -2.35. The minimum atomic E-state index is 0.315. The van der Waals surface area contributed by atoms with Gasteiger partial charge in [-0.2, -0.15) is 0 Å². The molecular weight excluding hydrogens is 312 g/mol. The minimum absolute atomic E-state index is 0.315. The highest BCUT2D eigenvalue weighted by Crippen LogP contribution is 2.23. The molecule has 0 bridgehead atoms. The van der Waals surface area contributed by atoms with Crippen molar-refractivity contribution in [1.82, 2.24) is 19.7 Å². The van der Waals surface area contributed by atoms with Gasteiger partial charge < -0.3 is 9.47 Å². The van der Waals surface area contributed by atoms with E-state index in [1.165, 1.54) is 5.56 Å². The van der Waals surface area contributed by atoms with Crippen molar-refractivity contribution in [2.75, 3.05) is 6.54 Å². The molecule has 25 heavy (non-hydrogen) atoms. The first-order valence-corrected chi connectivity index (χ1v) is 9.48. The highest BCUT2D eigenvalue weighted by atomic mass is 16.2. The average molecular weight is 340 g/mol. The fourth-order valence-electron chi connectivity index (χ4n) is 3.73. The summed E-state index contributed by atoms with van der Waals surface area (Å²) in [6.07, 6.45) is 8.46. The van der Waals surface area contributed by atoms with Crippen molar-refractivity contribution in [2.24, 2.45) is 0 Å². The van der Waals surface area contributed by atoms with Crippen LogP contribution in [0.3, 0.4) is 0 Å². The van der Waals surface area contributed by atoms with E-state index in [9.17, 15) is 4.79 Å². The van der Waals surface area contributed by atoms with Crippen LogP contribution >= 0.6 is 0 Å². The van der Waals surface area contributed by atoms with Crippen LogP contribution in [0.4, 0.5) is 0 Å². The van der Waals surface area contributed by atoms with E-state index < -0.39 is 0 Å². The van der Waals surface area contributed by atoms with Crippen molar-refractivity contribution < 1.29 is 4.79 Å². The lowest BCUT2D eigenvalue weighted by atomic mass is 10.1. The molecule has 2 aromatic rings. The van der Waals surface area contributed by atoms with Crippen LogP contribution in [0.1, 0.15) is 50.4 Å². The van der Waals surface area contributed by atoms with Crippen molar-refractivity contribution >= 4 is 5.91 Å². The fraction of sp³-hybridized carbons (Fsp3) is 0.550. The van der Waals surface area contributed by atoms with Crippen LogP contribution in [0, 0.1) is 0 Å². The van der Waals surface area contributed by atoms with Gasteiger partial charge in [-0.15, -0.1) is 10.2 Å². The summed E-state index contributed by atoms with van der Waals surface area (Å²) < 4.78 is 2.08. The van der Waals surface area contributed by atoms with Gasteiger partial charge >= 0.3 is 0 Å². The normalized spacial score (nSPS) is 17.2. The number of aryl methyl sites for hydroxylation is 3. The molecule has 2 heterocycles. The van der Waals surface area contributed by atoms with E-state index in [0.717, 1.165) is 57.4 Å². The van der Waals surface area contributed by atoms with E-state index in [4.69, 9.17) is 0 Å². The van der Waals surface area contributed by atoms with Crippen molar-refractivity contribution in [3.05, 3.63) is 48.0 Å². The van der Waals surface area contributed by atoms with E-state index in [1.807, 2.05) is 6.07 Å². The highest BCUT2D eigenvalue weighted by Gasteiger charge is 2.28. The number of hydrogen-bond acceptors (Lipinski definition) is 3. The summed E-state index contributed by atoms with van der Waals surface area (Å²) in [7, 11) is 0. The van der Waals surface area contributed by atoms with E-state index >= 15 is 0 Å². The van der Waals surface area contributed by atoms with Crippen molar-refractivity contribution in [1.29, 1.82) is 0 Å². The zero-order valence-electron chi connectivity index (χ0n) is 15.1. The zero-order chi connectivity index (χ0) is 17.5. The first kappa shape index (κ1) is 17.6. The molecule has 1 amide bonds. The maximum atomic E-state index is 12.6.